The zero-order valence-corrected chi connectivity index (χ0v) is 34.4. The molecular formula is C59H43N3. The quantitative estimate of drug-likeness (QED) is 0.161. The molecule has 1 spiro atoms. The molecule has 11 rings (SSSR count). The van der Waals surface area contributed by atoms with Gasteiger partial charge in [0.25, 0.3) is 0 Å². The van der Waals surface area contributed by atoms with Gasteiger partial charge in [0.2, 0.25) is 0 Å². The maximum atomic E-state index is 9.72. The normalized spacial score (nSPS) is 13.6. The van der Waals surface area contributed by atoms with Crippen LogP contribution in [0.15, 0.2) is 200 Å². The lowest BCUT2D eigenvalue weighted by atomic mass is 9.67. The molecule has 0 amide bonds. The Morgan fingerprint density at radius 3 is 1.48 bits per heavy atom. The van der Waals surface area contributed by atoms with Crippen molar-refractivity contribution in [2.75, 3.05) is 0 Å². The second-order valence-corrected chi connectivity index (χ2v) is 16.8. The molecule has 1 saturated carbocycles. The number of hydrogen-bond acceptors (Lipinski definition) is 3. The van der Waals surface area contributed by atoms with Crippen molar-refractivity contribution in [1.82, 2.24) is 9.97 Å². The maximum Gasteiger partial charge on any atom is 0.160 e. The van der Waals surface area contributed by atoms with Crippen molar-refractivity contribution in [2.45, 2.75) is 37.5 Å². The Bertz CT molecular complexity index is 3140. The zero-order valence-electron chi connectivity index (χ0n) is 34.4. The lowest BCUT2D eigenvalue weighted by Gasteiger charge is -2.36. The third-order valence-corrected chi connectivity index (χ3v) is 13.1. The predicted molar refractivity (Wildman–Crippen MR) is 254 cm³/mol. The molecule has 9 aromatic rings. The zero-order chi connectivity index (χ0) is 41.5. The second kappa shape index (κ2) is 15.7. The summed E-state index contributed by atoms with van der Waals surface area (Å²) in [6.07, 6.45) is 6.09. The van der Waals surface area contributed by atoms with Crippen molar-refractivity contribution in [3.8, 4) is 95.6 Å². The van der Waals surface area contributed by atoms with Gasteiger partial charge in [-0.3, -0.25) is 0 Å². The van der Waals surface area contributed by atoms with Gasteiger partial charge in [-0.15, -0.1) is 0 Å². The summed E-state index contributed by atoms with van der Waals surface area (Å²) in [7, 11) is 0. The third kappa shape index (κ3) is 6.81. The standard InChI is InChI=1S/C59H43N3/c60-39-40-20-31-54-53(34-40)52-30-29-50(37-55(52)59(54)32-8-3-9-33-59)49-18-10-16-47(35-49)43-21-23-44(24-22-43)48-17-11-19-51(36-48)57-38-56(61-58(62-57)46-14-6-2-7-15-46)45-27-25-42(26-28-45)41-12-4-1-5-13-41/h1-2,4-7,10-31,34-38H,3,8-9,32-33H2. The van der Waals surface area contributed by atoms with E-state index in [2.05, 4.69) is 176 Å². The summed E-state index contributed by atoms with van der Waals surface area (Å²) < 4.78 is 0. The molecular weight excluding hydrogens is 751 g/mol. The highest BCUT2D eigenvalue weighted by Gasteiger charge is 2.43. The second-order valence-electron chi connectivity index (χ2n) is 16.8. The van der Waals surface area contributed by atoms with Gasteiger partial charge in [0.05, 0.1) is 23.0 Å². The van der Waals surface area contributed by atoms with Gasteiger partial charge >= 0.3 is 0 Å². The van der Waals surface area contributed by atoms with Crippen LogP contribution >= 0.6 is 0 Å². The average Bonchev–Trinajstić information content (AvgIpc) is 3.61. The highest BCUT2D eigenvalue weighted by molar-refractivity contribution is 5.86. The monoisotopic (exact) mass is 793 g/mol. The lowest BCUT2D eigenvalue weighted by molar-refractivity contribution is 0.353. The van der Waals surface area contributed by atoms with Crippen molar-refractivity contribution >= 4 is 0 Å². The Morgan fingerprint density at radius 1 is 0.355 bits per heavy atom. The lowest BCUT2D eigenvalue weighted by Crippen LogP contribution is -2.28. The van der Waals surface area contributed by atoms with E-state index in [4.69, 9.17) is 9.97 Å². The van der Waals surface area contributed by atoms with Gasteiger partial charge in [0.1, 0.15) is 0 Å². The number of rotatable bonds is 7. The summed E-state index contributed by atoms with van der Waals surface area (Å²) in [4.78, 5) is 10.2. The summed E-state index contributed by atoms with van der Waals surface area (Å²) in [5.74, 6) is 0.704. The SMILES string of the molecule is N#Cc1ccc2c(c1)-c1ccc(-c3cccc(-c4ccc(-c5cccc(-c6cc(-c7ccc(-c8ccccc8)cc7)nc(-c7ccccc7)n6)c5)cc4)c3)cc1C21CCCCC1. The summed E-state index contributed by atoms with van der Waals surface area (Å²) >= 11 is 0. The average molecular weight is 794 g/mol. The molecule has 3 nitrogen and oxygen atoms in total. The van der Waals surface area contributed by atoms with E-state index in [1.807, 2.05) is 30.3 Å². The highest BCUT2D eigenvalue weighted by Crippen LogP contribution is 2.56. The summed E-state index contributed by atoms with van der Waals surface area (Å²) in [5, 5.41) is 9.72. The van der Waals surface area contributed by atoms with Gasteiger partial charge in [-0.1, -0.05) is 183 Å². The van der Waals surface area contributed by atoms with Crippen molar-refractivity contribution in [2.24, 2.45) is 0 Å². The van der Waals surface area contributed by atoms with E-state index < -0.39 is 0 Å². The molecule has 0 bridgehead atoms. The molecule has 1 aromatic heterocycles. The van der Waals surface area contributed by atoms with E-state index in [0.29, 0.717) is 5.82 Å². The molecule has 294 valence electrons. The minimum Gasteiger partial charge on any atom is -0.228 e. The number of nitrogens with zero attached hydrogens (tertiary/aromatic N) is 3. The summed E-state index contributed by atoms with van der Waals surface area (Å²) in [6, 6.07) is 73.7. The van der Waals surface area contributed by atoms with Crippen molar-refractivity contribution in [1.29, 1.82) is 5.26 Å². The van der Waals surface area contributed by atoms with Crippen molar-refractivity contribution < 1.29 is 0 Å². The molecule has 0 aliphatic heterocycles. The smallest absolute Gasteiger partial charge is 0.160 e. The number of hydrogen-bond donors (Lipinski definition) is 0. The van der Waals surface area contributed by atoms with Crippen LogP contribution < -0.4 is 0 Å². The molecule has 0 N–H and O–H groups in total. The third-order valence-electron chi connectivity index (χ3n) is 13.1. The molecule has 62 heavy (non-hydrogen) atoms. The van der Waals surface area contributed by atoms with Crippen LogP contribution in [0.4, 0.5) is 0 Å². The highest BCUT2D eigenvalue weighted by atomic mass is 14.9. The first-order chi connectivity index (χ1) is 30.6. The van der Waals surface area contributed by atoms with Gasteiger partial charge in [0, 0.05) is 22.1 Å². The van der Waals surface area contributed by atoms with Gasteiger partial charge in [-0.2, -0.15) is 5.26 Å². The van der Waals surface area contributed by atoms with E-state index in [-0.39, 0.29) is 5.41 Å². The van der Waals surface area contributed by atoms with Gasteiger partial charge < -0.3 is 0 Å². The van der Waals surface area contributed by atoms with Crippen LogP contribution in [0.3, 0.4) is 0 Å². The van der Waals surface area contributed by atoms with Crippen LogP contribution in [0.1, 0.15) is 48.8 Å². The van der Waals surface area contributed by atoms with Gasteiger partial charge in [-0.05, 0) is 116 Å². The van der Waals surface area contributed by atoms with E-state index in [0.717, 1.165) is 57.6 Å². The topological polar surface area (TPSA) is 49.6 Å². The Balaban J connectivity index is 0.891. The number of fused-ring (bicyclic) bond motifs is 5. The van der Waals surface area contributed by atoms with Crippen LogP contribution in [0.2, 0.25) is 0 Å². The van der Waals surface area contributed by atoms with Gasteiger partial charge in [0.15, 0.2) is 5.82 Å². The number of benzene rings is 8. The first kappa shape index (κ1) is 37.3. The molecule has 0 saturated heterocycles. The Kier molecular flexibility index (Phi) is 9.48. The van der Waals surface area contributed by atoms with Crippen LogP contribution in [-0.4, -0.2) is 9.97 Å². The van der Waals surface area contributed by atoms with Crippen LogP contribution in [0.25, 0.3) is 89.5 Å². The van der Waals surface area contributed by atoms with Crippen LogP contribution in [0.5, 0.6) is 0 Å². The molecule has 0 atom stereocenters. The minimum absolute atomic E-state index is 0.0344. The molecule has 1 fully saturated rings. The van der Waals surface area contributed by atoms with Crippen LogP contribution in [0, 0.1) is 11.3 Å². The predicted octanol–water partition coefficient (Wildman–Crippen LogP) is 15.2. The Hall–Kier alpha value is -7.67. The Morgan fingerprint density at radius 2 is 0.839 bits per heavy atom. The molecule has 3 heteroatoms. The number of nitriles is 1. The molecule has 8 aromatic carbocycles. The summed E-state index contributed by atoms with van der Waals surface area (Å²) in [6.45, 7) is 0. The maximum absolute atomic E-state index is 9.72. The first-order valence-corrected chi connectivity index (χ1v) is 21.7. The fourth-order valence-corrected chi connectivity index (χ4v) is 9.96. The Labute approximate surface area is 363 Å². The van der Waals surface area contributed by atoms with E-state index in [1.165, 1.54) is 74.9 Å². The molecule has 2 aliphatic rings. The van der Waals surface area contributed by atoms with Crippen LogP contribution in [-0.2, 0) is 5.41 Å². The number of aromatic nitrogens is 2. The molecule has 0 radical (unpaired) electrons. The van der Waals surface area contributed by atoms with Crippen molar-refractivity contribution in [3.63, 3.8) is 0 Å². The van der Waals surface area contributed by atoms with E-state index in [1.54, 1.807) is 0 Å². The first-order valence-electron chi connectivity index (χ1n) is 21.7. The minimum atomic E-state index is 0.0344. The molecule has 2 aliphatic carbocycles. The van der Waals surface area contributed by atoms with E-state index >= 15 is 0 Å². The fraction of sp³-hybridized carbons (Fsp3) is 0.102. The molecule has 0 unspecified atom stereocenters. The summed E-state index contributed by atoms with van der Waals surface area (Å²) in [5.41, 5.74) is 20.5. The fourth-order valence-electron chi connectivity index (χ4n) is 9.96. The largest absolute Gasteiger partial charge is 0.228 e. The van der Waals surface area contributed by atoms with Gasteiger partial charge in [-0.25, -0.2) is 9.97 Å². The van der Waals surface area contributed by atoms with Crippen molar-refractivity contribution in [3.05, 3.63) is 217 Å². The van der Waals surface area contributed by atoms with E-state index in [9.17, 15) is 5.26 Å². The molecule has 1 heterocycles.